The Balaban J connectivity index is 3.08. The van der Waals surface area contributed by atoms with Gasteiger partial charge in [-0.1, -0.05) is 42.6 Å². The van der Waals surface area contributed by atoms with Crippen LogP contribution < -0.4 is 0 Å². The molecule has 0 aromatic heterocycles. The van der Waals surface area contributed by atoms with Crippen LogP contribution in [0.3, 0.4) is 0 Å². The van der Waals surface area contributed by atoms with Crippen LogP contribution in [0.2, 0.25) is 0 Å². The molecule has 0 heterocycles. The maximum absolute atomic E-state index is 4.98. The lowest BCUT2D eigenvalue weighted by molar-refractivity contribution is 0.192. The van der Waals surface area contributed by atoms with E-state index < -0.39 is 0 Å². The normalized spacial score (nSPS) is 13.8. The van der Waals surface area contributed by atoms with Crippen molar-refractivity contribution in [1.29, 1.82) is 0 Å². The van der Waals surface area contributed by atoms with E-state index >= 15 is 0 Å². The molecule has 0 saturated heterocycles. The number of halogens is 1. The number of alkyl halides is 1. The second kappa shape index (κ2) is 8.06. The van der Waals surface area contributed by atoms with Crippen molar-refractivity contribution in [2.75, 3.05) is 13.7 Å². The Bertz CT molecular complexity index is 93.8. The van der Waals surface area contributed by atoms with Gasteiger partial charge in [-0.15, -0.1) is 0 Å². The van der Waals surface area contributed by atoms with E-state index in [9.17, 15) is 0 Å². The fraction of sp³-hybridized carbons (Fsp3) is 1.00. The summed E-state index contributed by atoms with van der Waals surface area (Å²) in [6.45, 7) is 5.43. The molecule has 1 unspecified atom stereocenters. The number of methoxy groups -OCH3 is 1. The van der Waals surface area contributed by atoms with Crippen molar-refractivity contribution in [3.63, 3.8) is 0 Å². The van der Waals surface area contributed by atoms with Gasteiger partial charge in [0.2, 0.25) is 0 Å². The monoisotopic (exact) mass is 236 g/mol. The summed E-state index contributed by atoms with van der Waals surface area (Å²) in [5, 5.41) is 0. The van der Waals surface area contributed by atoms with Gasteiger partial charge in [0, 0.05) is 18.5 Å². The molecule has 0 aromatic carbocycles. The Hall–Kier alpha value is 0.440. The van der Waals surface area contributed by atoms with Crippen molar-refractivity contribution in [3.05, 3.63) is 0 Å². The second-order valence-electron chi connectivity index (χ2n) is 3.60. The van der Waals surface area contributed by atoms with Crippen molar-refractivity contribution >= 4 is 15.9 Å². The summed E-state index contributed by atoms with van der Waals surface area (Å²) in [7, 11) is 1.77. The molecule has 74 valence electrons. The van der Waals surface area contributed by atoms with E-state index in [1.807, 2.05) is 0 Å². The molecule has 0 saturated carbocycles. The van der Waals surface area contributed by atoms with Crippen LogP contribution >= 0.6 is 15.9 Å². The first-order valence-electron chi connectivity index (χ1n) is 4.81. The minimum absolute atomic E-state index is 0.694. The minimum atomic E-state index is 0.694. The first-order chi connectivity index (χ1) is 5.68. The minimum Gasteiger partial charge on any atom is -0.385 e. The Labute approximate surface area is 85.0 Å². The third-order valence-electron chi connectivity index (χ3n) is 2.05. The average Bonchev–Trinajstić information content (AvgIpc) is 2.03. The van der Waals surface area contributed by atoms with Gasteiger partial charge in [0.05, 0.1) is 0 Å². The molecule has 0 aromatic rings. The summed E-state index contributed by atoms with van der Waals surface area (Å²) in [6, 6.07) is 0. The quantitative estimate of drug-likeness (QED) is 0.485. The van der Waals surface area contributed by atoms with Crippen molar-refractivity contribution in [1.82, 2.24) is 0 Å². The molecule has 0 aliphatic carbocycles. The lowest BCUT2D eigenvalue weighted by atomic mass is 10.0. The van der Waals surface area contributed by atoms with E-state index in [1.165, 1.54) is 25.7 Å². The summed E-state index contributed by atoms with van der Waals surface area (Å²) in [5.41, 5.74) is 0. The highest BCUT2D eigenvalue weighted by molar-refractivity contribution is 9.09. The van der Waals surface area contributed by atoms with Crippen LogP contribution in [0, 0.1) is 5.92 Å². The van der Waals surface area contributed by atoms with Gasteiger partial charge in [-0.25, -0.2) is 0 Å². The highest BCUT2D eigenvalue weighted by Gasteiger charge is 2.07. The Morgan fingerprint density at radius 1 is 1.17 bits per heavy atom. The SMILES string of the molecule is COCCCCCC(Br)C(C)C. The van der Waals surface area contributed by atoms with Crippen molar-refractivity contribution in [2.45, 2.75) is 44.4 Å². The molecular formula is C10H21BrO. The topological polar surface area (TPSA) is 9.23 Å². The van der Waals surface area contributed by atoms with Crippen LogP contribution in [0.25, 0.3) is 0 Å². The third kappa shape index (κ3) is 7.11. The highest BCUT2D eigenvalue weighted by Crippen LogP contribution is 2.18. The second-order valence-corrected chi connectivity index (χ2v) is 4.78. The number of hydrogen-bond donors (Lipinski definition) is 0. The van der Waals surface area contributed by atoms with Gasteiger partial charge in [-0.3, -0.25) is 0 Å². The molecule has 0 radical (unpaired) electrons. The Kier molecular flexibility index (Phi) is 8.35. The van der Waals surface area contributed by atoms with E-state index in [0.29, 0.717) is 4.83 Å². The number of hydrogen-bond acceptors (Lipinski definition) is 1. The van der Waals surface area contributed by atoms with Gasteiger partial charge in [0.1, 0.15) is 0 Å². The van der Waals surface area contributed by atoms with Gasteiger partial charge < -0.3 is 4.74 Å². The smallest absolute Gasteiger partial charge is 0.0462 e. The zero-order valence-corrected chi connectivity index (χ0v) is 10.1. The first kappa shape index (κ1) is 12.4. The van der Waals surface area contributed by atoms with Crippen molar-refractivity contribution in [3.8, 4) is 0 Å². The van der Waals surface area contributed by atoms with Crippen LogP contribution in [-0.4, -0.2) is 18.5 Å². The molecule has 0 aliphatic heterocycles. The van der Waals surface area contributed by atoms with E-state index in [2.05, 4.69) is 29.8 Å². The van der Waals surface area contributed by atoms with Crippen LogP contribution in [0.4, 0.5) is 0 Å². The van der Waals surface area contributed by atoms with E-state index in [4.69, 9.17) is 4.74 Å². The van der Waals surface area contributed by atoms with Crippen LogP contribution in [-0.2, 0) is 4.74 Å². The van der Waals surface area contributed by atoms with Gasteiger partial charge in [-0.2, -0.15) is 0 Å². The standard InChI is InChI=1S/C10H21BrO/c1-9(2)10(11)7-5-4-6-8-12-3/h9-10H,4-8H2,1-3H3. The maximum atomic E-state index is 4.98. The number of unbranched alkanes of at least 4 members (excludes halogenated alkanes) is 2. The summed E-state index contributed by atoms with van der Waals surface area (Å²) in [5.74, 6) is 0.757. The molecule has 0 bridgehead atoms. The average molecular weight is 237 g/mol. The third-order valence-corrected chi connectivity index (χ3v) is 3.57. The summed E-state index contributed by atoms with van der Waals surface area (Å²) >= 11 is 3.68. The largest absolute Gasteiger partial charge is 0.385 e. The van der Waals surface area contributed by atoms with E-state index in [-0.39, 0.29) is 0 Å². The molecule has 0 aliphatic rings. The fourth-order valence-corrected chi connectivity index (χ4v) is 1.42. The fourth-order valence-electron chi connectivity index (χ4n) is 1.10. The highest BCUT2D eigenvalue weighted by atomic mass is 79.9. The molecule has 0 N–H and O–H groups in total. The molecule has 12 heavy (non-hydrogen) atoms. The molecule has 0 fully saturated rings. The molecule has 0 rings (SSSR count). The van der Waals surface area contributed by atoms with E-state index in [0.717, 1.165) is 12.5 Å². The van der Waals surface area contributed by atoms with Crippen LogP contribution in [0.5, 0.6) is 0 Å². The van der Waals surface area contributed by atoms with Gasteiger partial charge >= 0.3 is 0 Å². The maximum Gasteiger partial charge on any atom is 0.0462 e. The van der Waals surface area contributed by atoms with Crippen LogP contribution in [0.15, 0.2) is 0 Å². The van der Waals surface area contributed by atoms with Crippen molar-refractivity contribution < 1.29 is 4.74 Å². The first-order valence-corrected chi connectivity index (χ1v) is 5.73. The Morgan fingerprint density at radius 2 is 1.83 bits per heavy atom. The lowest BCUT2D eigenvalue weighted by Gasteiger charge is -2.12. The zero-order valence-electron chi connectivity index (χ0n) is 8.48. The predicted molar refractivity (Wildman–Crippen MR) is 57.9 cm³/mol. The van der Waals surface area contributed by atoms with Gasteiger partial charge in [0.15, 0.2) is 0 Å². The van der Waals surface area contributed by atoms with E-state index in [1.54, 1.807) is 7.11 Å². The summed E-state index contributed by atoms with van der Waals surface area (Å²) < 4.78 is 4.98. The zero-order chi connectivity index (χ0) is 9.40. The van der Waals surface area contributed by atoms with Gasteiger partial charge in [0.25, 0.3) is 0 Å². The molecule has 0 spiro atoms. The Morgan fingerprint density at radius 3 is 2.33 bits per heavy atom. The number of rotatable bonds is 7. The number of ether oxygens (including phenoxy) is 1. The molecule has 1 atom stereocenters. The van der Waals surface area contributed by atoms with Crippen LogP contribution in [0.1, 0.15) is 39.5 Å². The summed E-state index contributed by atoms with van der Waals surface area (Å²) in [4.78, 5) is 0.694. The van der Waals surface area contributed by atoms with Crippen molar-refractivity contribution in [2.24, 2.45) is 5.92 Å². The van der Waals surface area contributed by atoms with Gasteiger partial charge in [-0.05, 0) is 18.8 Å². The molecule has 2 heteroatoms. The lowest BCUT2D eigenvalue weighted by Crippen LogP contribution is -2.06. The molecular weight excluding hydrogens is 216 g/mol. The predicted octanol–water partition coefficient (Wildman–Crippen LogP) is 3.61. The summed E-state index contributed by atoms with van der Waals surface area (Å²) in [6.07, 6.45) is 5.11. The molecule has 1 nitrogen and oxygen atoms in total. The molecule has 0 amide bonds.